The SMILES string of the molecule is CC1Oc2ccc(C(=O)O)cc2N(Cc2ccc(F)cc2)C1=O. The zero-order valence-corrected chi connectivity index (χ0v) is 12.3. The molecule has 0 spiro atoms. The number of carbonyl (C=O) groups is 2. The third-order valence-corrected chi connectivity index (χ3v) is 3.67. The molecule has 2 aromatic rings. The second kappa shape index (κ2) is 5.72. The zero-order valence-electron chi connectivity index (χ0n) is 12.3. The summed E-state index contributed by atoms with van der Waals surface area (Å²) < 4.78 is 18.5. The van der Waals surface area contributed by atoms with Crippen LogP contribution in [0, 0.1) is 5.82 Å². The van der Waals surface area contributed by atoms with Crippen molar-refractivity contribution in [2.45, 2.75) is 19.6 Å². The Balaban J connectivity index is 2.01. The first-order valence-electron chi connectivity index (χ1n) is 7.05. The molecule has 118 valence electrons. The van der Waals surface area contributed by atoms with Crippen molar-refractivity contribution in [2.75, 3.05) is 4.90 Å². The van der Waals surface area contributed by atoms with Gasteiger partial charge in [-0.1, -0.05) is 12.1 Å². The summed E-state index contributed by atoms with van der Waals surface area (Å²) in [7, 11) is 0. The lowest BCUT2D eigenvalue weighted by atomic mass is 10.1. The van der Waals surface area contributed by atoms with Crippen LogP contribution in [0.5, 0.6) is 5.75 Å². The van der Waals surface area contributed by atoms with Gasteiger partial charge in [0.1, 0.15) is 11.6 Å². The molecular weight excluding hydrogens is 301 g/mol. The molecule has 1 N–H and O–H groups in total. The van der Waals surface area contributed by atoms with E-state index < -0.39 is 12.1 Å². The first kappa shape index (κ1) is 15.0. The predicted molar refractivity (Wildman–Crippen MR) is 81.1 cm³/mol. The van der Waals surface area contributed by atoms with Crippen LogP contribution in [0.15, 0.2) is 42.5 Å². The standard InChI is InChI=1S/C17H14FNO4/c1-10-16(20)19(9-11-2-5-13(18)6-3-11)14-8-12(17(21)22)4-7-15(14)23-10/h2-8,10H,9H2,1H3,(H,21,22). The van der Waals surface area contributed by atoms with Crippen LogP contribution in [0.25, 0.3) is 0 Å². The Labute approximate surface area is 131 Å². The minimum absolute atomic E-state index is 0.0683. The number of benzene rings is 2. The first-order chi connectivity index (χ1) is 11.0. The lowest BCUT2D eigenvalue weighted by Gasteiger charge is -2.33. The molecule has 0 aromatic heterocycles. The molecule has 1 unspecified atom stereocenters. The number of hydrogen-bond acceptors (Lipinski definition) is 3. The van der Waals surface area contributed by atoms with Crippen LogP contribution in [0.4, 0.5) is 10.1 Å². The Morgan fingerprint density at radius 2 is 1.96 bits per heavy atom. The monoisotopic (exact) mass is 315 g/mol. The molecule has 1 amide bonds. The van der Waals surface area contributed by atoms with Gasteiger partial charge in [-0.25, -0.2) is 9.18 Å². The summed E-state index contributed by atoms with van der Waals surface area (Å²) in [4.78, 5) is 25.0. The molecule has 23 heavy (non-hydrogen) atoms. The highest BCUT2D eigenvalue weighted by Gasteiger charge is 2.32. The predicted octanol–water partition coefficient (Wildman–Crippen LogP) is 2.84. The topological polar surface area (TPSA) is 66.8 Å². The number of aromatic carboxylic acids is 1. The van der Waals surface area contributed by atoms with E-state index in [1.807, 2.05) is 0 Å². The molecule has 3 rings (SSSR count). The quantitative estimate of drug-likeness (QED) is 0.946. The number of rotatable bonds is 3. The van der Waals surface area contributed by atoms with Gasteiger partial charge in [0.15, 0.2) is 6.10 Å². The average molecular weight is 315 g/mol. The van der Waals surface area contributed by atoms with E-state index in [-0.39, 0.29) is 23.8 Å². The molecule has 0 fully saturated rings. The molecule has 0 saturated heterocycles. The van der Waals surface area contributed by atoms with Gasteiger partial charge in [-0.2, -0.15) is 0 Å². The van der Waals surface area contributed by atoms with E-state index in [1.165, 1.54) is 29.2 Å². The number of carbonyl (C=O) groups excluding carboxylic acids is 1. The summed E-state index contributed by atoms with van der Waals surface area (Å²) in [5, 5.41) is 9.12. The second-order valence-electron chi connectivity index (χ2n) is 5.30. The smallest absolute Gasteiger partial charge is 0.335 e. The number of anilines is 1. The molecule has 0 aliphatic carbocycles. The third-order valence-electron chi connectivity index (χ3n) is 3.67. The van der Waals surface area contributed by atoms with E-state index >= 15 is 0 Å². The van der Waals surface area contributed by atoms with E-state index in [2.05, 4.69) is 0 Å². The van der Waals surface area contributed by atoms with E-state index in [4.69, 9.17) is 9.84 Å². The van der Waals surface area contributed by atoms with Crippen molar-refractivity contribution < 1.29 is 23.8 Å². The third kappa shape index (κ3) is 2.88. The molecular formula is C17H14FNO4. The summed E-state index contributed by atoms with van der Waals surface area (Å²) in [6.07, 6.45) is -0.668. The molecule has 0 saturated carbocycles. The average Bonchev–Trinajstić information content (AvgIpc) is 2.53. The van der Waals surface area contributed by atoms with Gasteiger partial charge in [0, 0.05) is 0 Å². The van der Waals surface area contributed by atoms with Crippen molar-refractivity contribution in [2.24, 2.45) is 0 Å². The van der Waals surface area contributed by atoms with Crippen LogP contribution in [0.1, 0.15) is 22.8 Å². The summed E-state index contributed by atoms with van der Waals surface area (Å²) in [6.45, 7) is 1.84. The maximum absolute atomic E-state index is 13.0. The Kier molecular flexibility index (Phi) is 3.73. The Morgan fingerprint density at radius 3 is 2.61 bits per heavy atom. The molecule has 1 heterocycles. The van der Waals surface area contributed by atoms with Gasteiger partial charge in [0.25, 0.3) is 5.91 Å². The van der Waals surface area contributed by atoms with Crippen LogP contribution in [0.2, 0.25) is 0 Å². The number of hydrogen-bond donors (Lipinski definition) is 1. The molecule has 6 heteroatoms. The highest BCUT2D eigenvalue weighted by atomic mass is 19.1. The lowest BCUT2D eigenvalue weighted by Crippen LogP contribution is -2.44. The number of carboxylic acids is 1. The Morgan fingerprint density at radius 1 is 1.26 bits per heavy atom. The lowest BCUT2D eigenvalue weighted by molar-refractivity contribution is -0.125. The van der Waals surface area contributed by atoms with Gasteiger partial charge >= 0.3 is 5.97 Å². The van der Waals surface area contributed by atoms with Crippen molar-refractivity contribution in [1.82, 2.24) is 0 Å². The van der Waals surface area contributed by atoms with E-state index in [0.717, 1.165) is 5.56 Å². The number of carboxylic acid groups (broad SMARTS) is 1. The van der Waals surface area contributed by atoms with E-state index in [0.29, 0.717) is 11.4 Å². The zero-order chi connectivity index (χ0) is 16.6. The summed E-state index contributed by atoms with van der Waals surface area (Å²) in [5.41, 5.74) is 1.21. The van der Waals surface area contributed by atoms with Gasteiger partial charge in [0.05, 0.1) is 17.8 Å². The Hall–Kier alpha value is -2.89. The number of amides is 1. The fourth-order valence-electron chi connectivity index (χ4n) is 2.48. The van der Waals surface area contributed by atoms with Crippen LogP contribution in [-0.2, 0) is 11.3 Å². The minimum atomic E-state index is -1.08. The number of fused-ring (bicyclic) bond motifs is 1. The minimum Gasteiger partial charge on any atom is -0.479 e. The summed E-state index contributed by atoms with van der Waals surface area (Å²) >= 11 is 0. The van der Waals surface area contributed by atoms with Crippen LogP contribution < -0.4 is 9.64 Å². The summed E-state index contributed by atoms with van der Waals surface area (Å²) in [6, 6.07) is 10.2. The molecule has 2 aromatic carbocycles. The van der Waals surface area contributed by atoms with Crippen molar-refractivity contribution in [3.8, 4) is 5.75 Å². The fraction of sp³-hybridized carbons (Fsp3) is 0.176. The van der Waals surface area contributed by atoms with Crippen molar-refractivity contribution in [3.05, 3.63) is 59.4 Å². The van der Waals surface area contributed by atoms with Crippen LogP contribution in [0.3, 0.4) is 0 Å². The molecule has 1 aliphatic rings. The van der Waals surface area contributed by atoms with E-state index in [9.17, 15) is 14.0 Å². The number of ether oxygens (including phenoxy) is 1. The van der Waals surface area contributed by atoms with Crippen LogP contribution >= 0.6 is 0 Å². The highest BCUT2D eigenvalue weighted by molar-refractivity contribution is 6.01. The number of halogens is 1. The van der Waals surface area contributed by atoms with Gasteiger partial charge in [-0.05, 0) is 42.8 Å². The van der Waals surface area contributed by atoms with Gasteiger partial charge < -0.3 is 14.7 Å². The molecule has 0 bridgehead atoms. The van der Waals surface area contributed by atoms with Gasteiger partial charge in [-0.15, -0.1) is 0 Å². The maximum atomic E-state index is 13.0. The molecule has 5 nitrogen and oxygen atoms in total. The largest absolute Gasteiger partial charge is 0.479 e. The molecule has 1 atom stereocenters. The first-order valence-corrected chi connectivity index (χ1v) is 7.05. The second-order valence-corrected chi connectivity index (χ2v) is 5.30. The van der Waals surface area contributed by atoms with Gasteiger partial charge in [-0.3, -0.25) is 4.79 Å². The van der Waals surface area contributed by atoms with E-state index in [1.54, 1.807) is 25.1 Å². The molecule has 1 aliphatic heterocycles. The maximum Gasteiger partial charge on any atom is 0.335 e. The fourth-order valence-corrected chi connectivity index (χ4v) is 2.48. The normalized spacial score (nSPS) is 16.7. The van der Waals surface area contributed by atoms with Crippen molar-refractivity contribution in [1.29, 1.82) is 0 Å². The summed E-state index contributed by atoms with van der Waals surface area (Å²) in [5.74, 6) is -1.27. The van der Waals surface area contributed by atoms with Gasteiger partial charge in [0.2, 0.25) is 0 Å². The van der Waals surface area contributed by atoms with Crippen LogP contribution in [-0.4, -0.2) is 23.1 Å². The van der Waals surface area contributed by atoms with Crippen molar-refractivity contribution >= 4 is 17.6 Å². The highest BCUT2D eigenvalue weighted by Crippen LogP contribution is 2.35. The molecule has 0 radical (unpaired) electrons. The number of nitrogens with zero attached hydrogens (tertiary/aromatic N) is 1. The Bertz CT molecular complexity index is 773. The van der Waals surface area contributed by atoms with Crippen molar-refractivity contribution in [3.63, 3.8) is 0 Å².